The highest BCUT2D eigenvalue weighted by molar-refractivity contribution is 5.67. The fraction of sp³-hybridized carbons (Fsp3) is 0.912. The summed E-state index contributed by atoms with van der Waals surface area (Å²) in [5.41, 5.74) is 2.41. The first-order valence-electron chi connectivity index (χ1n) is 15.4. The van der Waals surface area contributed by atoms with Gasteiger partial charge in [0.05, 0.1) is 0 Å². The summed E-state index contributed by atoms with van der Waals surface area (Å²) in [7, 11) is 0. The van der Waals surface area contributed by atoms with Crippen LogP contribution < -0.4 is 0 Å². The second-order valence-corrected chi connectivity index (χ2v) is 13.8. The van der Waals surface area contributed by atoms with Crippen LogP contribution in [0.2, 0.25) is 0 Å². The van der Waals surface area contributed by atoms with Crippen LogP contribution in [0.3, 0.4) is 0 Å². The molecular formula is C34H60O2. The first kappa shape index (κ1) is 31.2. The molecule has 0 radical (unpaired) electrons. The summed E-state index contributed by atoms with van der Waals surface area (Å²) >= 11 is 0. The maximum Gasteiger partial charge on any atom is 0.303 e. The molecule has 2 heteroatoms. The third-order valence-electron chi connectivity index (χ3n) is 13.6. The van der Waals surface area contributed by atoms with Crippen molar-refractivity contribution in [2.24, 2.45) is 62.6 Å². The molecule has 5 unspecified atom stereocenters. The van der Waals surface area contributed by atoms with E-state index in [-0.39, 0.29) is 0 Å². The van der Waals surface area contributed by atoms with Crippen molar-refractivity contribution in [3.05, 3.63) is 0 Å². The van der Waals surface area contributed by atoms with Crippen LogP contribution in [0, 0.1) is 75.4 Å². The first-order valence-corrected chi connectivity index (χ1v) is 15.4. The average molecular weight is 501 g/mol. The number of terminal acetylenes is 1. The van der Waals surface area contributed by atoms with Gasteiger partial charge in [-0.3, -0.25) is 4.79 Å². The number of rotatable bonds is 3. The van der Waals surface area contributed by atoms with E-state index in [1.54, 1.807) is 0 Å². The fourth-order valence-corrected chi connectivity index (χ4v) is 11.6. The molecular weight excluding hydrogens is 440 g/mol. The van der Waals surface area contributed by atoms with Gasteiger partial charge in [-0.1, -0.05) is 76.2 Å². The molecule has 2 spiro atoms. The minimum Gasteiger partial charge on any atom is -0.481 e. The van der Waals surface area contributed by atoms with Gasteiger partial charge in [0.15, 0.2) is 0 Å². The molecule has 5 rings (SSSR count). The van der Waals surface area contributed by atoms with E-state index in [2.05, 4.69) is 61.3 Å². The molecule has 0 heterocycles. The van der Waals surface area contributed by atoms with E-state index in [9.17, 15) is 9.90 Å². The van der Waals surface area contributed by atoms with Crippen molar-refractivity contribution >= 4 is 5.97 Å². The van der Waals surface area contributed by atoms with Gasteiger partial charge in [-0.2, -0.15) is 0 Å². The van der Waals surface area contributed by atoms with E-state index in [1.807, 2.05) is 27.7 Å². The van der Waals surface area contributed by atoms with Gasteiger partial charge < -0.3 is 5.11 Å². The predicted molar refractivity (Wildman–Crippen MR) is 155 cm³/mol. The van der Waals surface area contributed by atoms with Crippen molar-refractivity contribution < 1.29 is 9.90 Å². The quantitative estimate of drug-likeness (QED) is 0.391. The molecule has 0 bridgehead atoms. The van der Waals surface area contributed by atoms with E-state index in [0.29, 0.717) is 45.3 Å². The summed E-state index contributed by atoms with van der Waals surface area (Å²) in [6.07, 6.45) is 19.5. The topological polar surface area (TPSA) is 37.3 Å². The number of hydrogen-bond acceptors (Lipinski definition) is 1. The molecule has 1 N–H and O–H groups in total. The number of carboxylic acids is 1. The van der Waals surface area contributed by atoms with Gasteiger partial charge >= 0.3 is 5.97 Å². The summed E-state index contributed by atoms with van der Waals surface area (Å²) in [6.45, 7) is 25.8. The van der Waals surface area contributed by atoms with Crippen molar-refractivity contribution in [3.63, 3.8) is 0 Å². The predicted octanol–water partition coefficient (Wildman–Crippen LogP) is 9.72. The molecule has 5 saturated carbocycles. The van der Waals surface area contributed by atoms with E-state index < -0.39 is 5.97 Å². The summed E-state index contributed by atoms with van der Waals surface area (Å²) in [6, 6.07) is 0. The number of carboxylic acid groups (broad SMARTS) is 1. The van der Waals surface area contributed by atoms with Gasteiger partial charge in [-0.15, -0.1) is 12.8 Å². The highest BCUT2D eigenvalue weighted by atomic mass is 16.4. The van der Waals surface area contributed by atoms with Gasteiger partial charge in [0.2, 0.25) is 0 Å². The van der Waals surface area contributed by atoms with Gasteiger partial charge in [0.25, 0.3) is 0 Å². The van der Waals surface area contributed by atoms with Crippen LogP contribution in [0.15, 0.2) is 0 Å². The highest BCUT2D eigenvalue weighted by Gasteiger charge is 2.85. The summed E-state index contributed by atoms with van der Waals surface area (Å²) in [5, 5.41) is 9.46. The van der Waals surface area contributed by atoms with Crippen LogP contribution >= 0.6 is 0 Å². The zero-order valence-corrected chi connectivity index (χ0v) is 25.8. The molecule has 0 aromatic rings. The van der Waals surface area contributed by atoms with Crippen LogP contribution in [0.4, 0.5) is 0 Å². The summed E-state index contributed by atoms with van der Waals surface area (Å²) in [4.78, 5) is 11.5. The zero-order chi connectivity index (χ0) is 27.9. The Balaban J connectivity index is 0.000000710. The molecule has 5 fully saturated rings. The third-order valence-corrected chi connectivity index (χ3v) is 13.6. The number of carbonyl (C=O) groups is 1. The van der Waals surface area contributed by atoms with Crippen LogP contribution in [-0.2, 0) is 4.79 Å². The van der Waals surface area contributed by atoms with Crippen molar-refractivity contribution in [2.75, 3.05) is 0 Å². The second kappa shape index (κ2) is 10.7. The van der Waals surface area contributed by atoms with Gasteiger partial charge in [-0.25, -0.2) is 0 Å². The Labute approximate surface area is 225 Å². The Kier molecular flexibility index (Phi) is 9.25. The molecule has 208 valence electrons. The maximum absolute atomic E-state index is 11.5. The largest absolute Gasteiger partial charge is 0.481 e. The Hall–Kier alpha value is -0.970. The monoisotopic (exact) mass is 500 g/mol. The van der Waals surface area contributed by atoms with Crippen LogP contribution in [0.5, 0.6) is 0 Å². The number of aliphatic carboxylic acids is 1. The van der Waals surface area contributed by atoms with Crippen molar-refractivity contribution in [2.45, 2.75) is 134 Å². The zero-order valence-electron chi connectivity index (χ0n) is 25.8. The van der Waals surface area contributed by atoms with E-state index >= 15 is 0 Å². The minimum absolute atomic E-state index is 0.305. The van der Waals surface area contributed by atoms with Gasteiger partial charge in [0.1, 0.15) is 0 Å². The van der Waals surface area contributed by atoms with E-state index in [0.717, 1.165) is 23.7 Å². The first-order chi connectivity index (χ1) is 16.9. The molecule has 36 heavy (non-hydrogen) atoms. The van der Waals surface area contributed by atoms with Crippen LogP contribution in [0.1, 0.15) is 134 Å². The normalized spacial score (nSPS) is 47.8. The molecule has 5 aliphatic rings. The second-order valence-electron chi connectivity index (χ2n) is 13.8. The SMILES string of the molecule is C#C.CC.CC.CC1CCC23C(CCC4[C@]5(C)CCC([C@H](C)CC(=O)O)[C@@]5(C)CC[C@]42[C@@H]3C)C1(C)C. The highest BCUT2D eigenvalue weighted by Crippen LogP contribution is 2.91. The van der Waals surface area contributed by atoms with E-state index in [1.165, 1.54) is 51.4 Å². The lowest BCUT2D eigenvalue weighted by atomic mass is 9.41. The third kappa shape index (κ3) is 3.75. The average Bonchev–Trinajstić information content (AvgIpc) is 3.25. The minimum atomic E-state index is -0.610. The van der Waals surface area contributed by atoms with Crippen molar-refractivity contribution in [3.8, 4) is 12.8 Å². The molecule has 0 aliphatic heterocycles. The smallest absolute Gasteiger partial charge is 0.303 e. The van der Waals surface area contributed by atoms with Crippen LogP contribution in [0.25, 0.3) is 0 Å². The van der Waals surface area contributed by atoms with Gasteiger partial charge in [0, 0.05) is 6.42 Å². The molecule has 5 aliphatic carbocycles. The lowest BCUT2D eigenvalue weighted by Gasteiger charge is -2.63. The molecule has 0 saturated heterocycles. The molecule has 0 aromatic heterocycles. The number of fused-ring (bicyclic) bond motifs is 2. The summed E-state index contributed by atoms with van der Waals surface area (Å²) in [5.74, 6) is 3.80. The summed E-state index contributed by atoms with van der Waals surface area (Å²) < 4.78 is 0. The standard InChI is InChI=1S/C28H46O2.2C2H6.C2H2/c1-17(16-23(29)30)20-11-12-26(7)22-9-8-21-24(4,5)18(2)10-13-27(21)19(3)28(22,27)15-14-25(20,26)6;3*1-2/h17-22H,8-16H2,1-7H3,(H,29,30);2*1-2H3;1-2H/t17-,18?,19-,20?,21?,22?,25-,26+,27?,28+;;;/m1.../s1. The number of hydrogen-bond donors (Lipinski definition) is 1. The van der Waals surface area contributed by atoms with E-state index in [4.69, 9.17) is 0 Å². The lowest BCUT2D eigenvalue weighted by molar-refractivity contribution is -0.152. The lowest BCUT2D eigenvalue weighted by Crippen LogP contribution is -2.56. The Morgan fingerprint density at radius 2 is 1.33 bits per heavy atom. The van der Waals surface area contributed by atoms with Crippen molar-refractivity contribution in [1.82, 2.24) is 0 Å². The maximum atomic E-state index is 11.5. The Morgan fingerprint density at radius 1 is 0.806 bits per heavy atom. The van der Waals surface area contributed by atoms with Crippen molar-refractivity contribution in [1.29, 1.82) is 0 Å². The van der Waals surface area contributed by atoms with Gasteiger partial charge in [-0.05, 0) is 114 Å². The molecule has 0 amide bonds. The Bertz CT molecular complexity index is 796. The Morgan fingerprint density at radius 3 is 1.89 bits per heavy atom. The molecule has 2 nitrogen and oxygen atoms in total. The molecule has 0 aromatic carbocycles. The molecule has 10 atom stereocenters. The van der Waals surface area contributed by atoms with Crippen LogP contribution in [-0.4, -0.2) is 11.1 Å². The fourth-order valence-electron chi connectivity index (χ4n) is 11.6.